The molecule has 0 atom stereocenters. The minimum absolute atomic E-state index is 0.250. The van der Waals surface area contributed by atoms with Gasteiger partial charge in [-0.2, -0.15) is 4.98 Å². The summed E-state index contributed by atoms with van der Waals surface area (Å²) in [7, 11) is -3.75. The van der Waals surface area contributed by atoms with E-state index >= 15 is 0 Å². The van der Waals surface area contributed by atoms with Crippen LogP contribution in [-0.2, 0) is 10.0 Å². The van der Waals surface area contributed by atoms with Gasteiger partial charge in [0.15, 0.2) is 0 Å². The lowest BCUT2D eigenvalue weighted by atomic mass is 10.0. The molecule has 2 rings (SSSR count). The van der Waals surface area contributed by atoms with Crippen molar-refractivity contribution in [3.8, 4) is 0 Å². The zero-order chi connectivity index (χ0) is 15.1. The summed E-state index contributed by atoms with van der Waals surface area (Å²) in [6, 6.07) is 1.82. The van der Waals surface area contributed by atoms with Gasteiger partial charge in [-0.15, -0.1) is 5.10 Å². The molecule has 0 unspecified atom stereocenters. The van der Waals surface area contributed by atoms with Crippen LogP contribution in [0.1, 0.15) is 38.6 Å². The third-order valence-electron chi connectivity index (χ3n) is 3.13. The summed E-state index contributed by atoms with van der Waals surface area (Å²) in [5.74, 6) is 0.289. The molecule has 2 heterocycles. The van der Waals surface area contributed by atoms with E-state index in [0.717, 1.165) is 11.4 Å². The first-order valence-corrected chi connectivity index (χ1v) is 7.88. The van der Waals surface area contributed by atoms with Crippen molar-refractivity contribution in [1.29, 1.82) is 0 Å². The van der Waals surface area contributed by atoms with Crippen LogP contribution in [-0.4, -0.2) is 33.5 Å². The molecule has 2 aromatic heterocycles. The number of nitrogens with one attached hydrogen (secondary N) is 1. The topological polar surface area (TPSA) is 89.2 Å². The summed E-state index contributed by atoms with van der Waals surface area (Å²) in [6.45, 7) is 9.20. The van der Waals surface area contributed by atoms with Crippen LogP contribution in [0.25, 0.3) is 5.78 Å². The lowest BCUT2D eigenvalue weighted by Crippen LogP contribution is -2.43. The summed E-state index contributed by atoms with van der Waals surface area (Å²) >= 11 is 0. The standard InChI is InChI=1S/C12H19N5O2S/c1-6-12(4,5)16-20(18,19)11-14-10-13-8(2)7-9(3)17(10)15-11/h7,16H,6H2,1-5H3. The van der Waals surface area contributed by atoms with Crippen LogP contribution in [0, 0.1) is 13.8 Å². The first-order valence-electron chi connectivity index (χ1n) is 6.39. The molecule has 0 saturated heterocycles. The molecule has 0 bridgehead atoms. The monoisotopic (exact) mass is 297 g/mol. The maximum atomic E-state index is 12.3. The summed E-state index contributed by atoms with van der Waals surface area (Å²) in [5.41, 5.74) is 1.01. The minimum atomic E-state index is -3.75. The highest BCUT2D eigenvalue weighted by Gasteiger charge is 2.28. The zero-order valence-electron chi connectivity index (χ0n) is 12.3. The Kier molecular flexibility index (Phi) is 3.55. The van der Waals surface area contributed by atoms with Crippen LogP contribution < -0.4 is 4.72 Å². The van der Waals surface area contributed by atoms with Crippen molar-refractivity contribution in [2.45, 2.75) is 51.7 Å². The van der Waals surface area contributed by atoms with E-state index in [1.165, 1.54) is 4.52 Å². The summed E-state index contributed by atoms with van der Waals surface area (Å²) in [5, 5.41) is 3.79. The summed E-state index contributed by atoms with van der Waals surface area (Å²) in [6.07, 6.45) is 0.663. The van der Waals surface area contributed by atoms with Gasteiger partial charge in [0, 0.05) is 16.9 Å². The highest BCUT2D eigenvalue weighted by atomic mass is 32.2. The van der Waals surface area contributed by atoms with E-state index < -0.39 is 15.6 Å². The van der Waals surface area contributed by atoms with E-state index in [4.69, 9.17) is 0 Å². The molecule has 1 N–H and O–H groups in total. The van der Waals surface area contributed by atoms with Crippen molar-refractivity contribution in [1.82, 2.24) is 24.3 Å². The SMILES string of the molecule is CCC(C)(C)NS(=O)(=O)c1nc2nc(C)cc(C)n2n1. The second kappa shape index (κ2) is 4.78. The van der Waals surface area contributed by atoms with Gasteiger partial charge in [-0.3, -0.25) is 0 Å². The van der Waals surface area contributed by atoms with Gasteiger partial charge >= 0.3 is 0 Å². The molecule has 2 aromatic rings. The van der Waals surface area contributed by atoms with Gasteiger partial charge < -0.3 is 0 Å². The van der Waals surface area contributed by atoms with Crippen molar-refractivity contribution in [3.63, 3.8) is 0 Å². The molecule has 0 radical (unpaired) electrons. The highest BCUT2D eigenvalue weighted by Crippen LogP contribution is 2.14. The number of aromatic nitrogens is 4. The second-order valence-electron chi connectivity index (χ2n) is 5.49. The number of fused-ring (bicyclic) bond motifs is 1. The number of sulfonamides is 1. The van der Waals surface area contributed by atoms with Gasteiger partial charge in [-0.1, -0.05) is 6.92 Å². The normalized spacial score (nSPS) is 13.1. The van der Waals surface area contributed by atoms with Crippen molar-refractivity contribution >= 4 is 15.8 Å². The lowest BCUT2D eigenvalue weighted by Gasteiger charge is -2.22. The molecule has 0 aliphatic carbocycles. The maximum absolute atomic E-state index is 12.3. The molecular formula is C12H19N5O2S. The molecule has 110 valence electrons. The molecule has 20 heavy (non-hydrogen) atoms. The fourth-order valence-electron chi connectivity index (χ4n) is 1.74. The van der Waals surface area contributed by atoms with Crippen LogP contribution in [0.5, 0.6) is 0 Å². The quantitative estimate of drug-likeness (QED) is 0.916. The third-order valence-corrected chi connectivity index (χ3v) is 4.61. The molecule has 0 fully saturated rings. The van der Waals surface area contributed by atoms with Crippen LogP contribution in [0.15, 0.2) is 11.2 Å². The molecule has 7 nitrogen and oxygen atoms in total. The van der Waals surface area contributed by atoms with E-state index in [1.54, 1.807) is 0 Å². The van der Waals surface area contributed by atoms with Crippen molar-refractivity contribution < 1.29 is 8.42 Å². The first-order chi connectivity index (χ1) is 9.14. The van der Waals surface area contributed by atoms with Crippen LogP contribution >= 0.6 is 0 Å². The Hall–Kier alpha value is -1.54. The molecule has 0 amide bonds. The third kappa shape index (κ3) is 2.80. The smallest absolute Gasteiger partial charge is 0.216 e. The van der Waals surface area contributed by atoms with Crippen molar-refractivity contribution in [2.24, 2.45) is 0 Å². The van der Waals surface area contributed by atoms with Crippen LogP contribution in [0.3, 0.4) is 0 Å². The van der Waals surface area contributed by atoms with Gasteiger partial charge in [-0.05, 0) is 40.2 Å². The number of rotatable bonds is 4. The van der Waals surface area contributed by atoms with Crippen LogP contribution in [0.2, 0.25) is 0 Å². The Balaban J connectivity index is 2.51. The predicted octanol–water partition coefficient (Wildman–Crippen LogP) is 1.21. The Labute approximate surface area is 118 Å². The van der Waals surface area contributed by atoms with Gasteiger partial charge in [0.25, 0.3) is 21.0 Å². The highest BCUT2D eigenvalue weighted by molar-refractivity contribution is 7.89. The fraction of sp³-hybridized carbons (Fsp3) is 0.583. The average Bonchev–Trinajstić information content (AvgIpc) is 2.72. The van der Waals surface area contributed by atoms with Gasteiger partial charge in [-0.25, -0.2) is 22.6 Å². The van der Waals surface area contributed by atoms with Crippen molar-refractivity contribution in [2.75, 3.05) is 0 Å². The van der Waals surface area contributed by atoms with Gasteiger partial charge in [0.05, 0.1) is 0 Å². The molecular weight excluding hydrogens is 278 g/mol. The van der Waals surface area contributed by atoms with E-state index in [1.807, 2.05) is 40.7 Å². The predicted molar refractivity (Wildman–Crippen MR) is 74.9 cm³/mol. The molecule has 0 saturated carbocycles. The lowest BCUT2D eigenvalue weighted by molar-refractivity contribution is 0.437. The number of nitrogens with zero attached hydrogens (tertiary/aromatic N) is 4. The van der Waals surface area contributed by atoms with Crippen molar-refractivity contribution in [3.05, 3.63) is 17.5 Å². The van der Waals surface area contributed by atoms with E-state index in [2.05, 4.69) is 19.8 Å². The number of aryl methyl sites for hydroxylation is 2. The maximum Gasteiger partial charge on any atom is 0.284 e. The van der Waals surface area contributed by atoms with Gasteiger partial charge in [0.2, 0.25) is 0 Å². The Morgan fingerprint density at radius 3 is 2.55 bits per heavy atom. The summed E-state index contributed by atoms with van der Waals surface area (Å²) < 4.78 is 28.6. The molecule has 0 aliphatic rings. The zero-order valence-corrected chi connectivity index (χ0v) is 13.1. The first kappa shape index (κ1) is 14.9. The minimum Gasteiger partial charge on any atom is -0.216 e. The Bertz CT molecular complexity index is 749. The number of hydrogen-bond acceptors (Lipinski definition) is 5. The summed E-state index contributed by atoms with van der Waals surface area (Å²) in [4.78, 5) is 8.20. The Morgan fingerprint density at radius 2 is 1.95 bits per heavy atom. The Morgan fingerprint density at radius 1 is 1.30 bits per heavy atom. The average molecular weight is 297 g/mol. The van der Waals surface area contributed by atoms with Gasteiger partial charge in [0.1, 0.15) is 0 Å². The molecule has 8 heteroatoms. The number of hydrogen-bond donors (Lipinski definition) is 1. The largest absolute Gasteiger partial charge is 0.284 e. The van der Waals surface area contributed by atoms with E-state index in [-0.39, 0.29) is 10.9 Å². The second-order valence-corrected chi connectivity index (χ2v) is 7.06. The van der Waals surface area contributed by atoms with E-state index in [0.29, 0.717) is 6.42 Å². The fourth-order valence-corrected chi connectivity index (χ4v) is 3.10. The molecule has 0 aromatic carbocycles. The van der Waals surface area contributed by atoms with Crippen LogP contribution in [0.4, 0.5) is 0 Å². The molecule has 0 aliphatic heterocycles. The molecule has 0 spiro atoms. The van der Waals surface area contributed by atoms with E-state index in [9.17, 15) is 8.42 Å².